The Morgan fingerprint density at radius 2 is 1.08 bits per heavy atom. The third kappa shape index (κ3) is 3.11. The Hall–Kier alpha value is -0.0800. The summed E-state index contributed by atoms with van der Waals surface area (Å²) in [7, 11) is 0. The van der Waals surface area contributed by atoms with Crippen molar-refractivity contribution < 1.29 is 0 Å². The zero-order valence-corrected chi connectivity index (χ0v) is 8.88. The Balaban J connectivity index is 3.99. The average molecular weight is 172 g/mol. The molecule has 0 saturated carbocycles. The SMILES string of the molecule is CC[C@@H](C)[C@@H](N)[C@H](N)[C@H](C)CC. The van der Waals surface area contributed by atoms with Crippen LogP contribution in [0.4, 0.5) is 0 Å². The van der Waals surface area contributed by atoms with Crippen LogP contribution >= 0.6 is 0 Å². The van der Waals surface area contributed by atoms with Crippen molar-refractivity contribution in [3.8, 4) is 0 Å². The molecule has 0 fully saturated rings. The third-order valence-electron chi connectivity index (χ3n) is 3.05. The van der Waals surface area contributed by atoms with E-state index in [9.17, 15) is 0 Å². The van der Waals surface area contributed by atoms with Crippen LogP contribution in [0.25, 0.3) is 0 Å². The largest absolute Gasteiger partial charge is 0.326 e. The molecule has 0 radical (unpaired) electrons. The molecule has 2 nitrogen and oxygen atoms in total. The van der Waals surface area contributed by atoms with E-state index in [2.05, 4.69) is 27.7 Å². The summed E-state index contributed by atoms with van der Waals surface area (Å²) < 4.78 is 0. The highest BCUT2D eigenvalue weighted by atomic mass is 14.8. The zero-order chi connectivity index (χ0) is 9.72. The van der Waals surface area contributed by atoms with Crippen molar-refractivity contribution in [2.75, 3.05) is 0 Å². The predicted molar refractivity (Wildman–Crippen MR) is 54.9 cm³/mol. The van der Waals surface area contributed by atoms with Crippen LogP contribution in [-0.4, -0.2) is 12.1 Å². The first kappa shape index (κ1) is 11.9. The molecule has 0 aliphatic rings. The monoisotopic (exact) mass is 172 g/mol. The van der Waals surface area contributed by atoms with Gasteiger partial charge in [-0.1, -0.05) is 40.5 Å². The fourth-order valence-electron chi connectivity index (χ4n) is 1.30. The van der Waals surface area contributed by atoms with Crippen LogP contribution in [0.2, 0.25) is 0 Å². The highest BCUT2D eigenvalue weighted by Gasteiger charge is 2.22. The maximum Gasteiger partial charge on any atom is 0.0220 e. The molecule has 0 rings (SSSR count). The number of nitrogens with two attached hydrogens (primary N) is 2. The van der Waals surface area contributed by atoms with Crippen molar-refractivity contribution in [1.82, 2.24) is 0 Å². The van der Waals surface area contributed by atoms with E-state index < -0.39 is 0 Å². The van der Waals surface area contributed by atoms with Gasteiger partial charge in [-0.3, -0.25) is 0 Å². The summed E-state index contributed by atoms with van der Waals surface area (Å²) in [4.78, 5) is 0. The molecule has 4 N–H and O–H groups in total. The number of hydrogen-bond acceptors (Lipinski definition) is 2. The molecule has 0 aliphatic carbocycles. The van der Waals surface area contributed by atoms with Crippen LogP contribution in [0.1, 0.15) is 40.5 Å². The van der Waals surface area contributed by atoms with Crippen molar-refractivity contribution in [2.45, 2.75) is 52.6 Å². The van der Waals surface area contributed by atoms with E-state index in [0.29, 0.717) is 11.8 Å². The standard InChI is InChI=1S/C10H24N2/c1-5-7(3)9(11)10(12)8(4)6-2/h7-10H,5-6,11-12H2,1-4H3/t7-,8-,9-,10-/m1/s1. The summed E-state index contributed by atoms with van der Waals surface area (Å²) in [6, 6.07) is 0.315. The topological polar surface area (TPSA) is 52.0 Å². The molecule has 0 aromatic carbocycles. The Morgan fingerprint density at radius 1 is 0.833 bits per heavy atom. The van der Waals surface area contributed by atoms with E-state index in [4.69, 9.17) is 11.5 Å². The summed E-state index contributed by atoms with van der Waals surface area (Å²) in [5.41, 5.74) is 12.0. The summed E-state index contributed by atoms with van der Waals surface area (Å²) in [5.74, 6) is 1.07. The Kier molecular flexibility index (Phi) is 5.51. The molecule has 0 spiro atoms. The van der Waals surface area contributed by atoms with Crippen LogP contribution in [-0.2, 0) is 0 Å². The van der Waals surface area contributed by atoms with Crippen molar-refractivity contribution in [1.29, 1.82) is 0 Å². The first-order chi connectivity index (χ1) is 5.54. The average Bonchev–Trinajstić information content (AvgIpc) is 2.12. The van der Waals surface area contributed by atoms with Crippen molar-refractivity contribution in [2.24, 2.45) is 23.3 Å². The molecular weight excluding hydrogens is 148 g/mol. The zero-order valence-electron chi connectivity index (χ0n) is 8.88. The van der Waals surface area contributed by atoms with E-state index in [1.54, 1.807) is 0 Å². The molecular formula is C10H24N2. The maximum atomic E-state index is 6.02. The van der Waals surface area contributed by atoms with E-state index in [1.165, 1.54) is 0 Å². The smallest absolute Gasteiger partial charge is 0.0220 e. The summed E-state index contributed by atoms with van der Waals surface area (Å²) >= 11 is 0. The number of rotatable bonds is 5. The third-order valence-corrected chi connectivity index (χ3v) is 3.05. The molecule has 0 saturated heterocycles. The normalized spacial score (nSPS) is 21.5. The van der Waals surface area contributed by atoms with Gasteiger partial charge < -0.3 is 11.5 Å². The molecule has 0 aromatic rings. The molecule has 0 aliphatic heterocycles. The van der Waals surface area contributed by atoms with Gasteiger partial charge in [0, 0.05) is 12.1 Å². The highest BCUT2D eigenvalue weighted by molar-refractivity contribution is 4.83. The van der Waals surface area contributed by atoms with Crippen LogP contribution in [0, 0.1) is 11.8 Å². The van der Waals surface area contributed by atoms with Gasteiger partial charge in [-0.15, -0.1) is 0 Å². The van der Waals surface area contributed by atoms with E-state index in [1.807, 2.05) is 0 Å². The first-order valence-corrected chi connectivity index (χ1v) is 5.05. The van der Waals surface area contributed by atoms with Crippen LogP contribution in [0.3, 0.4) is 0 Å². The highest BCUT2D eigenvalue weighted by Crippen LogP contribution is 2.15. The van der Waals surface area contributed by atoms with Gasteiger partial charge in [0.15, 0.2) is 0 Å². The van der Waals surface area contributed by atoms with E-state index >= 15 is 0 Å². The van der Waals surface area contributed by atoms with E-state index in [0.717, 1.165) is 12.8 Å². The molecule has 0 heterocycles. The second-order valence-corrected chi connectivity index (χ2v) is 3.93. The lowest BCUT2D eigenvalue weighted by Crippen LogP contribution is -2.49. The minimum atomic E-state index is 0.157. The van der Waals surface area contributed by atoms with Gasteiger partial charge in [0.05, 0.1) is 0 Å². The van der Waals surface area contributed by atoms with Crippen LogP contribution < -0.4 is 11.5 Å². The summed E-state index contributed by atoms with van der Waals surface area (Å²) in [5, 5.41) is 0. The van der Waals surface area contributed by atoms with Gasteiger partial charge in [-0.2, -0.15) is 0 Å². The van der Waals surface area contributed by atoms with Gasteiger partial charge in [-0.05, 0) is 11.8 Å². The minimum Gasteiger partial charge on any atom is -0.326 e. The van der Waals surface area contributed by atoms with Gasteiger partial charge >= 0.3 is 0 Å². The molecule has 12 heavy (non-hydrogen) atoms. The predicted octanol–water partition coefficient (Wildman–Crippen LogP) is 1.73. The van der Waals surface area contributed by atoms with Gasteiger partial charge in [0.2, 0.25) is 0 Å². The quantitative estimate of drug-likeness (QED) is 0.663. The molecule has 0 aromatic heterocycles. The summed E-state index contributed by atoms with van der Waals surface area (Å²) in [6.45, 7) is 8.67. The second kappa shape index (κ2) is 5.55. The van der Waals surface area contributed by atoms with Crippen molar-refractivity contribution in [3.05, 3.63) is 0 Å². The minimum absolute atomic E-state index is 0.157. The lowest BCUT2D eigenvalue weighted by molar-refractivity contribution is 0.308. The Bertz CT molecular complexity index is 100. The molecule has 2 heteroatoms. The Morgan fingerprint density at radius 3 is 1.25 bits per heavy atom. The lowest BCUT2D eigenvalue weighted by Gasteiger charge is -2.29. The maximum absolute atomic E-state index is 6.02. The molecule has 0 unspecified atom stereocenters. The second-order valence-electron chi connectivity index (χ2n) is 3.93. The van der Waals surface area contributed by atoms with Gasteiger partial charge in [0.1, 0.15) is 0 Å². The lowest BCUT2D eigenvalue weighted by atomic mass is 9.86. The fraction of sp³-hybridized carbons (Fsp3) is 1.00. The van der Waals surface area contributed by atoms with Crippen LogP contribution in [0.5, 0.6) is 0 Å². The fourth-order valence-corrected chi connectivity index (χ4v) is 1.30. The Labute approximate surface area is 76.7 Å². The van der Waals surface area contributed by atoms with Gasteiger partial charge in [0.25, 0.3) is 0 Å². The van der Waals surface area contributed by atoms with Gasteiger partial charge in [-0.25, -0.2) is 0 Å². The molecule has 0 amide bonds. The van der Waals surface area contributed by atoms with E-state index in [-0.39, 0.29) is 12.1 Å². The molecule has 4 atom stereocenters. The molecule has 0 bridgehead atoms. The number of hydrogen-bond donors (Lipinski definition) is 2. The first-order valence-electron chi connectivity index (χ1n) is 5.05. The van der Waals surface area contributed by atoms with Crippen molar-refractivity contribution >= 4 is 0 Å². The van der Waals surface area contributed by atoms with Crippen molar-refractivity contribution in [3.63, 3.8) is 0 Å². The molecule has 74 valence electrons. The summed E-state index contributed by atoms with van der Waals surface area (Å²) in [6.07, 6.45) is 2.23. The van der Waals surface area contributed by atoms with Crippen LogP contribution in [0.15, 0.2) is 0 Å².